The van der Waals surface area contributed by atoms with E-state index in [-0.39, 0.29) is 0 Å². The van der Waals surface area contributed by atoms with E-state index in [0.29, 0.717) is 16.8 Å². The molecule has 0 aliphatic heterocycles. The number of aromatic amines is 1. The van der Waals surface area contributed by atoms with Gasteiger partial charge >= 0.3 is 0 Å². The predicted molar refractivity (Wildman–Crippen MR) is 81.7 cm³/mol. The summed E-state index contributed by atoms with van der Waals surface area (Å²) >= 11 is 0. The lowest BCUT2D eigenvalue weighted by Crippen LogP contribution is -1.89. The van der Waals surface area contributed by atoms with Crippen molar-refractivity contribution in [1.29, 1.82) is 5.26 Å². The standard InChI is InChI=1S/C17H11N3O/c1-2-11-7-12(3-4-13(11)10-21)15-5-6-19-17-16(15)14(8-18)9-20-17/h2-7,9-10H,1H2,(H,19,20). The Morgan fingerprint density at radius 2 is 2.14 bits per heavy atom. The number of pyridine rings is 1. The molecule has 21 heavy (non-hydrogen) atoms. The Morgan fingerprint density at radius 3 is 2.86 bits per heavy atom. The Labute approximate surface area is 121 Å². The average molecular weight is 273 g/mol. The van der Waals surface area contributed by atoms with Crippen LogP contribution < -0.4 is 0 Å². The molecule has 2 aromatic heterocycles. The van der Waals surface area contributed by atoms with Gasteiger partial charge in [-0.05, 0) is 28.8 Å². The Kier molecular flexibility index (Phi) is 3.09. The molecule has 3 rings (SSSR count). The SMILES string of the molecule is C=Cc1cc(-c2ccnc3[nH]cc(C#N)c23)ccc1C=O. The number of benzene rings is 1. The third kappa shape index (κ3) is 2.01. The van der Waals surface area contributed by atoms with E-state index in [9.17, 15) is 10.1 Å². The van der Waals surface area contributed by atoms with Gasteiger partial charge in [-0.3, -0.25) is 4.79 Å². The Bertz CT molecular complexity index is 900. The Balaban J connectivity index is 2.30. The van der Waals surface area contributed by atoms with Gasteiger partial charge in [0.15, 0.2) is 6.29 Å². The van der Waals surface area contributed by atoms with Gasteiger partial charge in [0.1, 0.15) is 11.7 Å². The highest BCUT2D eigenvalue weighted by Crippen LogP contribution is 2.30. The van der Waals surface area contributed by atoms with Crippen molar-refractivity contribution in [2.24, 2.45) is 0 Å². The first kappa shape index (κ1) is 12.8. The number of carbonyl (C=O) groups excluding carboxylic acids is 1. The second kappa shape index (κ2) is 5.06. The summed E-state index contributed by atoms with van der Waals surface area (Å²) in [4.78, 5) is 18.2. The van der Waals surface area contributed by atoms with Crippen molar-refractivity contribution in [2.45, 2.75) is 0 Å². The number of nitriles is 1. The van der Waals surface area contributed by atoms with Gasteiger partial charge < -0.3 is 4.98 Å². The number of nitrogens with one attached hydrogen (secondary N) is 1. The lowest BCUT2D eigenvalue weighted by atomic mass is 9.97. The molecule has 1 N–H and O–H groups in total. The quantitative estimate of drug-likeness (QED) is 0.742. The third-order valence-electron chi connectivity index (χ3n) is 3.44. The van der Waals surface area contributed by atoms with E-state index in [0.717, 1.165) is 28.4 Å². The topological polar surface area (TPSA) is 69.5 Å². The fourth-order valence-electron chi connectivity index (χ4n) is 2.41. The molecule has 0 spiro atoms. The van der Waals surface area contributed by atoms with Gasteiger partial charge in [-0.15, -0.1) is 0 Å². The highest BCUT2D eigenvalue weighted by molar-refractivity contribution is 5.98. The van der Waals surface area contributed by atoms with E-state index < -0.39 is 0 Å². The number of hydrogen-bond donors (Lipinski definition) is 1. The van der Waals surface area contributed by atoms with Crippen LogP contribution in [0.4, 0.5) is 0 Å². The van der Waals surface area contributed by atoms with Gasteiger partial charge in [-0.1, -0.05) is 24.8 Å². The van der Waals surface area contributed by atoms with Crippen molar-refractivity contribution in [1.82, 2.24) is 9.97 Å². The molecule has 4 nitrogen and oxygen atoms in total. The summed E-state index contributed by atoms with van der Waals surface area (Å²) in [5.41, 5.74) is 4.39. The molecular weight excluding hydrogens is 262 g/mol. The largest absolute Gasteiger partial charge is 0.345 e. The number of H-pyrrole nitrogens is 1. The fraction of sp³-hybridized carbons (Fsp3) is 0. The third-order valence-corrected chi connectivity index (χ3v) is 3.44. The molecule has 3 aromatic rings. The first-order valence-corrected chi connectivity index (χ1v) is 6.36. The van der Waals surface area contributed by atoms with Crippen molar-refractivity contribution in [2.75, 3.05) is 0 Å². The van der Waals surface area contributed by atoms with Crippen molar-refractivity contribution in [3.8, 4) is 17.2 Å². The van der Waals surface area contributed by atoms with E-state index in [2.05, 4.69) is 22.6 Å². The van der Waals surface area contributed by atoms with Crippen LogP contribution in [0.5, 0.6) is 0 Å². The second-order valence-electron chi connectivity index (χ2n) is 4.56. The lowest BCUT2D eigenvalue weighted by molar-refractivity contribution is 0.112. The van der Waals surface area contributed by atoms with E-state index in [1.165, 1.54) is 0 Å². The number of hydrogen-bond acceptors (Lipinski definition) is 3. The van der Waals surface area contributed by atoms with E-state index in [1.54, 1.807) is 24.5 Å². The number of fused-ring (bicyclic) bond motifs is 1. The van der Waals surface area contributed by atoms with Gasteiger partial charge in [0.05, 0.1) is 5.56 Å². The molecule has 100 valence electrons. The van der Waals surface area contributed by atoms with Gasteiger partial charge in [0, 0.05) is 23.3 Å². The van der Waals surface area contributed by atoms with Crippen LogP contribution in [0, 0.1) is 11.3 Å². The molecule has 0 saturated heterocycles. The van der Waals surface area contributed by atoms with Gasteiger partial charge in [0.25, 0.3) is 0 Å². The number of nitrogens with zero attached hydrogens (tertiary/aromatic N) is 2. The molecule has 4 heteroatoms. The summed E-state index contributed by atoms with van der Waals surface area (Å²) in [6.45, 7) is 3.73. The van der Waals surface area contributed by atoms with Crippen LogP contribution in [-0.4, -0.2) is 16.3 Å². The van der Waals surface area contributed by atoms with Crippen LogP contribution in [0.3, 0.4) is 0 Å². The van der Waals surface area contributed by atoms with Gasteiger partial charge in [-0.2, -0.15) is 5.26 Å². The van der Waals surface area contributed by atoms with Crippen molar-refractivity contribution in [3.63, 3.8) is 0 Å². The van der Waals surface area contributed by atoms with Crippen molar-refractivity contribution < 1.29 is 4.79 Å². The number of carbonyl (C=O) groups is 1. The number of aldehydes is 1. The maximum Gasteiger partial charge on any atom is 0.150 e. The molecule has 0 aliphatic carbocycles. The zero-order valence-corrected chi connectivity index (χ0v) is 11.1. The van der Waals surface area contributed by atoms with Gasteiger partial charge in [-0.25, -0.2) is 4.98 Å². The van der Waals surface area contributed by atoms with Crippen LogP contribution in [0.2, 0.25) is 0 Å². The summed E-state index contributed by atoms with van der Waals surface area (Å²) in [5.74, 6) is 0. The Hall–Kier alpha value is -3.19. The monoisotopic (exact) mass is 273 g/mol. The normalized spacial score (nSPS) is 10.2. The first-order chi connectivity index (χ1) is 10.3. The minimum absolute atomic E-state index is 0.549. The van der Waals surface area contributed by atoms with Crippen LogP contribution in [0.15, 0.2) is 43.2 Å². The zero-order valence-electron chi connectivity index (χ0n) is 11.1. The molecule has 0 atom stereocenters. The van der Waals surface area contributed by atoms with Crippen LogP contribution in [0.25, 0.3) is 28.2 Å². The summed E-state index contributed by atoms with van der Waals surface area (Å²) in [6, 6.07) is 9.53. The van der Waals surface area contributed by atoms with E-state index in [4.69, 9.17) is 0 Å². The maximum atomic E-state index is 11.0. The molecule has 0 aliphatic rings. The summed E-state index contributed by atoms with van der Waals surface area (Å²) in [6.07, 6.45) is 5.79. The van der Waals surface area contributed by atoms with Crippen LogP contribution in [-0.2, 0) is 0 Å². The van der Waals surface area contributed by atoms with E-state index >= 15 is 0 Å². The molecule has 1 aromatic carbocycles. The molecule has 0 bridgehead atoms. The van der Waals surface area contributed by atoms with Crippen molar-refractivity contribution >= 4 is 23.4 Å². The molecule has 0 saturated carbocycles. The average Bonchev–Trinajstić information content (AvgIpc) is 2.97. The molecule has 0 fully saturated rings. The minimum Gasteiger partial charge on any atom is -0.345 e. The number of aromatic nitrogens is 2. The van der Waals surface area contributed by atoms with Crippen molar-refractivity contribution in [3.05, 3.63) is 59.9 Å². The van der Waals surface area contributed by atoms with Crippen LogP contribution in [0.1, 0.15) is 21.5 Å². The minimum atomic E-state index is 0.549. The zero-order chi connectivity index (χ0) is 14.8. The Morgan fingerprint density at radius 1 is 1.29 bits per heavy atom. The highest BCUT2D eigenvalue weighted by atomic mass is 16.1. The first-order valence-electron chi connectivity index (χ1n) is 6.36. The van der Waals surface area contributed by atoms with Crippen LogP contribution >= 0.6 is 0 Å². The maximum absolute atomic E-state index is 11.0. The van der Waals surface area contributed by atoms with Gasteiger partial charge in [0.2, 0.25) is 0 Å². The molecular formula is C17H11N3O. The highest BCUT2D eigenvalue weighted by Gasteiger charge is 2.12. The fourth-order valence-corrected chi connectivity index (χ4v) is 2.41. The predicted octanol–water partition coefficient (Wildman–Crippen LogP) is 3.56. The van der Waals surface area contributed by atoms with E-state index in [1.807, 2.05) is 18.2 Å². The summed E-state index contributed by atoms with van der Waals surface area (Å²) in [5, 5.41) is 10.0. The molecule has 0 unspecified atom stereocenters. The number of rotatable bonds is 3. The summed E-state index contributed by atoms with van der Waals surface area (Å²) < 4.78 is 0. The molecule has 0 radical (unpaired) electrons. The molecule has 2 heterocycles. The molecule has 0 amide bonds. The smallest absolute Gasteiger partial charge is 0.150 e. The lowest BCUT2D eigenvalue weighted by Gasteiger charge is -2.07. The second-order valence-corrected chi connectivity index (χ2v) is 4.56. The summed E-state index contributed by atoms with van der Waals surface area (Å²) in [7, 11) is 0.